The first-order chi connectivity index (χ1) is 13.9. The molecule has 1 N–H and O–H groups in total. The molecule has 7 heteroatoms. The summed E-state index contributed by atoms with van der Waals surface area (Å²) in [6.07, 6.45) is 2.16. The van der Waals surface area contributed by atoms with Gasteiger partial charge in [0.1, 0.15) is 0 Å². The average molecular weight is 417 g/mol. The highest BCUT2D eigenvalue weighted by Crippen LogP contribution is 2.29. The Labute approximate surface area is 172 Å². The van der Waals surface area contributed by atoms with E-state index in [0.717, 1.165) is 29.7 Å². The number of hydrogen-bond donors (Lipinski definition) is 1. The predicted molar refractivity (Wildman–Crippen MR) is 113 cm³/mol. The molecule has 6 nitrogen and oxygen atoms in total. The van der Waals surface area contributed by atoms with Gasteiger partial charge in [0.15, 0.2) is 0 Å². The summed E-state index contributed by atoms with van der Waals surface area (Å²) in [5, 5.41) is 0. The van der Waals surface area contributed by atoms with Crippen LogP contribution in [0.5, 0.6) is 0 Å². The summed E-state index contributed by atoms with van der Waals surface area (Å²) < 4.78 is 33.7. The van der Waals surface area contributed by atoms with Crippen LogP contribution in [0, 0.1) is 0 Å². The van der Waals surface area contributed by atoms with Gasteiger partial charge in [0.05, 0.1) is 11.0 Å². The Morgan fingerprint density at radius 3 is 2.69 bits per heavy atom. The van der Waals surface area contributed by atoms with Gasteiger partial charge < -0.3 is 9.64 Å². The third-order valence-electron chi connectivity index (χ3n) is 5.11. The molecule has 1 aliphatic rings. The SMILES string of the molecule is CC(=O)N1CCCc2cc(S(=O)(=O)NCCCOC(C)c3ccccc3)ccc21. The number of ether oxygens (including phenoxy) is 1. The molecule has 0 fully saturated rings. The zero-order chi connectivity index (χ0) is 20.9. The van der Waals surface area contributed by atoms with E-state index in [0.29, 0.717) is 26.1 Å². The van der Waals surface area contributed by atoms with Crippen LogP contribution in [0.15, 0.2) is 53.4 Å². The quantitative estimate of drug-likeness (QED) is 0.669. The summed E-state index contributed by atoms with van der Waals surface area (Å²) in [6.45, 7) is 4.96. The van der Waals surface area contributed by atoms with E-state index in [4.69, 9.17) is 4.74 Å². The maximum absolute atomic E-state index is 12.6. The van der Waals surface area contributed by atoms with Crippen molar-refractivity contribution in [2.24, 2.45) is 0 Å². The summed E-state index contributed by atoms with van der Waals surface area (Å²) >= 11 is 0. The first-order valence-corrected chi connectivity index (χ1v) is 11.4. The van der Waals surface area contributed by atoms with Crippen LogP contribution in [-0.2, 0) is 26.0 Å². The van der Waals surface area contributed by atoms with Gasteiger partial charge in [-0.15, -0.1) is 0 Å². The maximum atomic E-state index is 12.6. The lowest BCUT2D eigenvalue weighted by atomic mass is 10.0. The van der Waals surface area contributed by atoms with Crippen LogP contribution in [0.4, 0.5) is 5.69 Å². The highest BCUT2D eigenvalue weighted by molar-refractivity contribution is 7.89. The molecule has 1 atom stereocenters. The number of anilines is 1. The normalized spacial score (nSPS) is 15.0. The molecule has 0 aliphatic carbocycles. The van der Waals surface area contributed by atoms with Gasteiger partial charge >= 0.3 is 0 Å². The van der Waals surface area contributed by atoms with E-state index in [-0.39, 0.29) is 16.9 Å². The topological polar surface area (TPSA) is 75.7 Å². The van der Waals surface area contributed by atoms with Crippen LogP contribution in [-0.4, -0.2) is 34.0 Å². The summed E-state index contributed by atoms with van der Waals surface area (Å²) in [6, 6.07) is 14.9. The van der Waals surface area contributed by atoms with Gasteiger partial charge in [-0.1, -0.05) is 30.3 Å². The van der Waals surface area contributed by atoms with Crippen molar-refractivity contribution in [3.05, 3.63) is 59.7 Å². The van der Waals surface area contributed by atoms with Crippen molar-refractivity contribution in [1.29, 1.82) is 0 Å². The highest BCUT2D eigenvalue weighted by atomic mass is 32.2. The standard InChI is InChI=1S/C22H28N2O4S/c1-17(19-8-4-3-5-9-19)28-15-7-13-23-29(26,27)21-11-12-22-20(16-21)10-6-14-24(22)18(2)25/h3-5,8-9,11-12,16-17,23H,6-7,10,13-15H2,1-2H3. The molecule has 3 rings (SSSR count). The summed E-state index contributed by atoms with van der Waals surface area (Å²) in [7, 11) is -3.59. The van der Waals surface area contributed by atoms with E-state index in [1.807, 2.05) is 37.3 Å². The van der Waals surface area contributed by atoms with Gasteiger partial charge in [0.2, 0.25) is 15.9 Å². The molecule has 0 spiro atoms. The summed E-state index contributed by atoms with van der Waals surface area (Å²) in [5.41, 5.74) is 2.81. The number of nitrogens with one attached hydrogen (secondary N) is 1. The number of nitrogens with zero attached hydrogens (tertiary/aromatic N) is 1. The van der Waals surface area contributed by atoms with Crippen molar-refractivity contribution in [2.45, 2.75) is 44.1 Å². The Hall–Kier alpha value is -2.22. The lowest BCUT2D eigenvalue weighted by Crippen LogP contribution is -2.33. The van der Waals surface area contributed by atoms with Crippen LogP contribution in [0.25, 0.3) is 0 Å². The Bertz CT molecular complexity index is 945. The molecular weight excluding hydrogens is 388 g/mol. The van der Waals surface area contributed by atoms with Gasteiger partial charge in [-0.2, -0.15) is 0 Å². The molecule has 0 aromatic heterocycles. The lowest BCUT2D eigenvalue weighted by molar-refractivity contribution is -0.116. The second kappa shape index (κ2) is 9.52. The number of sulfonamides is 1. The number of carbonyl (C=O) groups excluding carboxylic acids is 1. The number of rotatable bonds is 8. The number of fused-ring (bicyclic) bond motifs is 1. The minimum absolute atomic E-state index is 0.0237. The van der Waals surface area contributed by atoms with Crippen molar-refractivity contribution in [1.82, 2.24) is 4.72 Å². The molecule has 1 amide bonds. The Morgan fingerprint density at radius 1 is 1.21 bits per heavy atom. The number of benzene rings is 2. The Kier molecular flexibility index (Phi) is 7.05. The highest BCUT2D eigenvalue weighted by Gasteiger charge is 2.22. The van der Waals surface area contributed by atoms with E-state index in [2.05, 4.69) is 4.72 Å². The fourth-order valence-electron chi connectivity index (χ4n) is 3.51. The van der Waals surface area contributed by atoms with Gasteiger partial charge in [-0.05, 0) is 55.5 Å². The molecule has 1 aliphatic heterocycles. The Morgan fingerprint density at radius 2 is 1.97 bits per heavy atom. The summed E-state index contributed by atoms with van der Waals surface area (Å²) in [5.74, 6) is -0.0237. The van der Waals surface area contributed by atoms with Gasteiger partial charge in [-0.3, -0.25) is 4.79 Å². The molecule has 29 heavy (non-hydrogen) atoms. The van der Waals surface area contributed by atoms with Crippen LogP contribution < -0.4 is 9.62 Å². The number of hydrogen-bond acceptors (Lipinski definition) is 4. The zero-order valence-corrected chi connectivity index (χ0v) is 17.7. The molecule has 156 valence electrons. The van der Waals surface area contributed by atoms with E-state index >= 15 is 0 Å². The molecule has 2 aromatic rings. The van der Waals surface area contributed by atoms with E-state index in [1.165, 1.54) is 6.92 Å². The van der Waals surface area contributed by atoms with Crippen molar-refractivity contribution < 1.29 is 17.9 Å². The molecular formula is C22H28N2O4S. The van der Waals surface area contributed by atoms with Crippen LogP contribution in [0.3, 0.4) is 0 Å². The fraction of sp³-hybridized carbons (Fsp3) is 0.409. The van der Waals surface area contributed by atoms with E-state index < -0.39 is 10.0 Å². The van der Waals surface area contributed by atoms with Crippen LogP contribution in [0.2, 0.25) is 0 Å². The third-order valence-corrected chi connectivity index (χ3v) is 6.57. The van der Waals surface area contributed by atoms with Gasteiger partial charge in [-0.25, -0.2) is 13.1 Å². The van der Waals surface area contributed by atoms with E-state index in [1.54, 1.807) is 23.1 Å². The average Bonchev–Trinajstić information content (AvgIpc) is 2.73. The second-order valence-corrected chi connectivity index (χ2v) is 9.01. The number of aryl methyl sites for hydroxylation is 1. The summed E-state index contributed by atoms with van der Waals surface area (Å²) in [4.78, 5) is 13.7. The molecule has 0 radical (unpaired) electrons. The number of carbonyl (C=O) groups is 1. The first kappa shape index (κ1) is 21.5. The largest absolute Gasteiger partial charge is 0.374 e. The molecule has 1 unspecified atom stereocenters. The molecule has 0 saturated carbocycles. The molecule has 2 aromatic carbocycles. The minimum Gasteiger partial charge on any atom is -0.374 e. The monoisotopic (exact) mass is 416 g/mol. The Balaban J connectivity index is 1.53. The first-order valence-electron chi connectivity index (χ1n) is 9.96. The van der Waals surface area contributed by atoms with Crippen molar-refractivity contribution in [3.8, 4) is 0 Å². The molecule has 0 saturated heterocycles. The molecule has 0 bridgehead atoms. The fourth-order valence-corrected chi connectivity index (χ4v) is 4.63. The third kappa shape index (κ3) is 5.44. The van der Waals surface area contributed by atoms with Crippen molar-refractivity contribution >= 4 is 21.6 Å². The van der Waals surface area contributed by atoms with Crippen LogP contribution in [0.1, 0.15) is 43.9 Å². The van der Waals surface area contributed by atoms with Crippen molar-refractivity contribution in [2.75, 3.05) is 24.6 Å². The van der Waals surface area contributed by atoms with E-state index in [9.17, 15) is 13.2 Å². The lowest BCUT2D eigenvalue weighted by Gasteiger charge is -2.28. The molecule has 1 heterocycles. The zero-order valence-electron chi connectivity index (χ0n) is 16.9. The maximum Gasteiger partial charge on any atom is 0.240 e. The van der Waals surface area contributed by atoms with Crippen LogP contribution >= 0.6 is 0 Å². The van der Waals surface area contributed by atoms with Crippen molar-refractivity contribution in [3.63, 3.8) is 0 Å². The van der Waals surface area contributed by atoms with Gasteiger partial charge in [0, 0.05) is 32.3 Å². The smallest absolute Gasteiger partial charge is 0.240 e. The second-order valence-electron chi connectivity index (χ2n) is 7.24. The van der Waals surface area contributed by atoms with Gasteiger partial charge in [0.25, 0.3) is 0 Å². The number of amides is 1. The predicted octanol–water partition coefficient (Wildman–Crippen LogP) is 3.43. The minimum atomic E-state index is -3.59.